The van der Waals surface area contributed by atoms with E-state index in [2.05, 4.69) is 10.4 Å². The highest BCUT2D eigenvalue weighted by molar-refractivity contribution is 6.30. The van der Waals surface area contributed by atoms with Crippen LogP contribution in [-0.2, 0) is 4.79 Å². The number of rotatable bonds is 4. The zero-order valence-electron chi connectivity index (χ0n) is 16.1. The van der Waals surface area contributed by atoms with Gasteiger partial charge in [-0.1, -0.05) is 29.8 Å². The fourth-order valence-electron chi connectivity index (χ4n) is 4.15. The zero-order chi connectivity index (χ0) is 20.8. The van der Waals surface area contributed by atoms with E-state index in [9.17, 15) is 14.0 Å². The van der Waals surface area contributed by atoms with Crippen molar-refractivity contribution in [3.8, 4) is 0 Å². The Labute approximate surface area is 177 Å². The molecule has 2 fully saturated rings. The van der Waals surface area contributed by atoms with Crippen LogP contribution in [0.1, 0.15) is 30.7 Å². The monoisotopic (exact) mass is 426 g/mol. The summed E-state index contributed by atoms with van der Waals surface area (Å²) in [7, 11) is 0. The number of hydrogen-bond donors (Lipinski definition) is 1. The van der Waals surface area contributed by atoms with Gasteiger partial charge in [-0.25, -0.2) is 9.37 Å². The molecule has 2 atom stereocenters. The van der Waals surface area contributed by atoms with Crippen LogP contribution in [0.15, 0.2) is 47.3 Å². The average Bonchev–Trinajstić information content (AvgIpc) is 3.36. The summed E-state index contributed by atoms with van der Waals surface area (Å²) in [6, 6.07) is 11.7. The van der Waals surface area contributed by atoms with Crippen molar-refractivity contribution in [3.05, 3.63) is 69.2 Å². The topological polar surface area (TPSA) is 67.2 Å². The molecule has 0 radical (unpaired) electrons. The molecule has 5 rings (SSSR count). The minimum absolute atomic E-state index is 0.0281. The normalized spacial score (nSPS) is 20.5. The highest BCUT2D eigenvalue weighted by Crippen LogP contribution is 2.47. The number of anilines is 1. The zero-order valence-corrected chi connectivity index (χ0v) is 16.9. The van der Waals surface area contributed by atoms with Crippen LogP contribution in [0, 0.1) is 11.7 Å². The molecule has 1 saturated carbocycles. The van der Waals surface area contributed by atoms with Crippen molar-refractivity contribution in [2.24, 2.45) is 5.92 Å². The van der Waals surface area contributed by atoms with Gasteiger partial charge in [0.1, 0.15) is 11.3 Å². The number of para-hydroxylation sites is 1. The van der Waals surface area contributed by atoms with E-state index in [1.54, 1.807) is 0 Å². The summed E-state index contributed by atoms with van der Waals surface area (Å²) in [5.74, 6) is -0.637. The van der Waals surface area contributed by atoms with Crippen molar-refractivity contribution in [2.45, 2.75) is 25.2 Å². The van der Waals surface area contributed by atoms with E-state index in [1.807, 2.05) is 29.2 Å². The first-order valence-electron chi connectivity index (χ1n) is 10.1. The number of fused-ring (bicyclic) bond motifs is 1. The molecule has 1 aliphatic carbocycles. The Balaban J connectivity index is 1.48. The molecule has 30 heavy (non-hydrogen) atoms. The molecule has 1 amide bonds. The lowest BCUT2D eigenvalue weighted by Gasteiger charge is -2.22. The van der Waals surface area contributed by atoms with E-state index in [-0.39, 0.29) is 34.6 Å². The van der Waals surface area contributed by atoms with Crippen LogP contribution in [0.4, 0.5) is 10.3 Å². The Morgan fingerprint density at radius 1 is 1.13 bits per heavy atom. The van der Waals surface area contributed by atoms with E-state index in [1.165, 1.54) is 22.9 Å². The van der Waals surface area contributed by atoms with Gasteiger partial charge in [0, 0.05) is 24.0 Å². The molecule has 0 spiro atoms. The number of carbonyl (C=O) groups is 1. The van der Waals surface area contributed by atoms with Crippen molar-refractivity contribution in [1.29, 1.82) is 0 Å². The summed E-state index contributed by atoms with van der Waals surface area (Å²) < 4.78 is 15.5. The van der Waals surface area contributed by atoms with Crippen LogP contribution in [0.2, 0.25) is 5.02 Å². The third kappa shape index (κ3) is 3.33. The lowest BCUT2D eigenvalue weighted by atomic mass is 10.1. The van der Waals surface area contributed by atoms with Crippen molar-refractivity contribution in [1.82, 2.24) is 9.66 Å². The molecule has 6 nitrogen and oxygen atoms in total. The van der Waals surface area contributed by atoms with E-state index in [0.717, 1.165) is 18.4 Å². The standard InChI is InChI=1S/C22H20ClFN4O2/c23-14-8-6-13(7-9-14)16-12-17(16)20(29)26-28-21(30)15-4-3-5-18(24)19(15)25-22(28)27-10-1-2-11-27/h3-9,16-17H,1-2,10-12H2,(H,26,29)/t16-,17-/m1/s1. The predicted molar refractivity (Wildman–Crippen MR) is 114 cm³/mol. The van der Waals surface area contributed by atoms with Crippen LogP contribution in [0.5, 0.6) is 0 Å². The largest absolute Gasteiger partial charge is 0.341 e. The molecule has 2 heterocycles. The maximum absolute atomic E-state index is 14.3. The van der Waals surface area contributed by atoms with Gasteiger partial charge in [0.25, 0.3) is 5.56 Å². The van der Waals surface area contributed by atoms with Crippen LogP contribution in [0.3, 0.4) is 0 Å². The van der Waals surface area contributed by atoms with E-state index in [4.69, 9.17) is 11.6 Å². The molecule has 1 aliphatic heterocycles. The summed E-state index contributed by atoms with van der Waals surface area (Å²) in [5, 5.41) is 0.792. The second kappa shape index (κ2) is 7.40. The van der Waals surface area contributed by atoms with Gasteiger partial charge in [0.05, 0.1) is 5.39 Å². The van der Waals surface area contributed by atoms with E-state index < -0.39 is 11.4 Å². The Kier molecular flexibility index (Phi) is 4.70. The third-order valence-corrected chi connectivity index (χ3v) is 6.12. The molecule has 0 unspecified atom stereocenters. The Bertz CT molecular complexity index is 1190. The molecule has 1 aromatic heterocycles. The fourth-order valence-corrected chi connectivity index (χ4v) is 4.28. The number of benzene rings is 2. The second-order valence-electron chi connectivity index (χ2n) is 7.86. The molecular weight excluding hydrogens is 407 g/mol. The number of carbonyl (C=O) groups excluding carboxylic acids is 1. The lowest BCUT2D eigenvalue weighted by Crippen LogP contribution is -2.39. The predicted octanol–water partition coefficient (Wildman–Crippen LogP) is 3.66. The molecule has 2 aliphatic rings. The number of halogens is 2. The maximum Gasteiger partial charge on any atom is 0.281 e. The smallest absolute Gasteiger partial charge is 0.281 e. The number of hydrogen-bond acceptors (Lipinski definition) is 4. The molecule has 1 N–H and O–H groups in total. The molecular formula is C22H20ClFN4O2. The summed E-state index contributed by atoms with van der Waals surface area (Å²) >= 11 is 5.94. The lowest BCUT2D eigenvalue weighted by molar-refractivity contribution is -0.118. The Hall–Kier alpha value is -2.93. The fraction of sp³-hybridized carbons (Fsp3) is 0.318. The molecule has 2 aromatic carbocycles. The highest BCUT2D eigenvalue weighted by atomic mass is 35.5. The van der Waals surface area contributed by atoms with Gasteiger partial charge in [0.2, 0.25) is 11.9 Å². The minimum Gasteiger partial charge on any atom is -0.341 e. The van der Waals surface area contributed by atoms with Gasteiger partial charge in [-0.2, -0.15) is 4.68 Å². The second-order valence-corrected chi connectivity index (χ2v) is 8.30. The summed E-state index contributed by atoms with van der Waals surface area (Å²) in [6.07, 6.45) is 2.62. The van der Waals surface area contributed by atoms with Gasteiger partial charge >= 0.3 is 0 Å². The SMILES string of the molecule is O=C(Nn1c(N2CCCC2)nc2c(F)cccc2c1=O)[C@@H]1C[C@@H]1c1ccc(Cl)cc1. The third-order valence-electron chi connectivity index (χ3n) is 5.87. The quantitative estimate of drug-likeness (QED) is 0.691. The number of aromatic nitrogens is 2. The Morgan fingerprint density at radius 2 is 1.87 bits per heavy atom. The minimum atomic E-state index is -0.548. The number of nitrogens with one attached hydrogen (secondary N) is 1. The molecule has 1 saturated heterocycles. The number of nitrogens with zero attached hydrogens (tertiary/aromatic N) is 3. The van der Waals surface area contributed by atoms with Gasteiger partial charge in [-0.15, -0.1) is 0 Å². The van der Waals surface area contributed by atoms with Crippen molar-refractivity contribution in [2.75, 3.05) is 23.4 Å². The maximum atomic E-state index is 14.3. The number of amides is 1. The van der Waals surface area contributed by atoms with E-state index in [0.29, 0.717) is 24.5 Å². The van der Waals surface area contributed by atoms with Crippen molar-refractivity contribution in [3.63, 3.8) is 0 Å². The van der Waals surface area contributed by atoms with Gasteiger partial charge < -0.3 is 4.90 Å². The van der Waals surface area contributed by atoms with E-state index >= 15 is 0 Å². The molecule has 3 aromatic rings. The summed E-state index contributed by atoms with van der Waals surface area (Å²) in [5.41, 5.74) is 3.35. The first-order valence-corrected chi connectivity index (χ1v) is 10.4. The molecule has 154 valence electrons. The first-order chi connectivity index (χ1) is 14.5. The van der Waals surface area contributed by atoms with Crippen LogP contribution in [0.25, 0.3) is 10.9 Å². The van der Waals surface area contributed by atoms with Crippen molar-refractivity contribution >= 4 is 34.4 Å². The first kappa shape index (κ1) is 19.1. The van der Waals surface area contributed by atoms with Crippen LogP contribution >= 0.6 is 11.6 Å². The van der Waals surface area contributed by atoms with Crippen molar-refractivity contribution < 1.29 is 9.18 Å². The van der Waals surface area contributed by atoms with Gasteiger partial charge in [0.15, 0.2) is 0 Å². The van der Waals surface area contributed by atoms with Crippen LogP contribution < -0.4 is 15.9 Å². The highest BCUT2D eigenvalue weighted by Gasteiger charge is 2.44. The van der Waals surface area contributed by atoms with Gasteiger partial charge in [-0.3, -0.25) is 15.0 Å². The summed E-state index contributed by atoms with van der Waals surface area (Å²) in [4.78, 5) is 32.4. The Morgan fingerprint density at radius 3 is 2.60 bits per heavy atom. The molecule has 8 heteroatoms. The van der Waals surface area contributed by atoms with Gasteiger partial charge in [-0.05, 0) is 55.0 Å². The summed E-state index contributed by atoms with van der Waals surface area (Å²) in [6.45, 7) is 1.41. The average molecular weight is 427 g/mol. The van der Waals surface area contributed by atoms with Crippen LogP contribution in [-0.4, -0.2) is 28.7 Å². The molecule has 0 bridgehead atoms.